The van der Waals surface area contributed by atoms with E-state index in [1.54, 1.807) is 0 Å². The highest BCUT2D eigenvalue weighted by Crippen LogP contribution is 2.21. The lowest BCUT2D eigenvalue weighted by Crippen LogP contribution is -2.06. The summed E-state index contributed by atoms with van der Waals surface area (Å²) in [4.78, 5) is 23.7. The Morgan fingerprint density at radius 2 is 0.944 bits per heavy atom. The SMILES string of the molecule is Nc1nc(N)c2nc3c(N)nc(N)nc3nc2n1. The van der Waals surface area contributed by atoms with Crippen molar-refractivity contribution in [1.82, 2.24) is 29.9 Å². The molecule has 0 saturated carbocycles. The summed E-state index contributed by atoms with van der Waals surface area (Å²) in [6, 6.07) is 0. The summed E-state index contributed by atoms with van der Waals surface area (Å²) < 4.78 is 0. The van der Waals surface area contributed by atoms with Crippen molar-refractivity contribution in [1.29, 1.82) is 0 Å². The fourth-order valence-corrected chi connectivity index (χ4v) is 1.54. The maximum absolute atomic E-state index is 5.69. The minimum Gasteiger partial charge on any atom is -0.382 e. The van der Waals surface area contributed by atoms with Crippen LogP contribution in [-0.4, -0.2) is 29.9 Å². The number of nitrogen functional groups attached to an aromatic ring is 4. The molecular weight excluding hydrogens is 236 g/mol. The van der Waals surface area contributed by atoms with Crippen LogP contribution in [0.5, 0.6) is 0 Å². The predicted octanol–water partition coefficient (Wildman–Crippen LogP) is -1.31. The summed E-state index contributed by atoms with van der Waals surface area (Å²) in [5.41, 5.74) is 23.4. The van der Waals surface area contributed by atoms with Crippen LogP contribution in [0.25, 0.3) is 22.3 Å². The van der Waals surface area contributed by atoms with Crippen molar-refractivity contribution in [3.05, 3.63) is 0 Å². The van der Waals surface area contributed by atoms with Gasteiger partial charge in [-0.1, -0.05) is 0 Å². The molecule has 3 aromatic rings. The van der Waals surface area contributed by atoms with Crippen LogP contribution in [0.15, 0.2) is 0 Å². The Bertz CT molecular complexity index is 719. The maximum Gasteiger partial charge on any atom is 0.224 e. The normalized spacial score (nSPS) is 11.1. The van der Waals surface area contributed by atoms with Crippen LogP contribution in [0.2, 0.25) is 0 Å². The molecule has 10 nitrogen and oxygen atoms in total. The number of hydrogen-bond acceptors (Lipinski definition) is 10. The molecule has 0 aliphatic heterocycles. The van der Waals surface area contributed by atoms with Crippen molar-refractivity contribution < 1.29 is 0 Å². The van der Waals surface area contributed by atoms with Gasteiger partial charge < -0.3 is 22.9 Å². The number of aromatic nitrogens is 6. The molecule has 0 aliphatic rings. The standard InChI is InChI=1S/C8H8N10/c9-3-1-5(17-7(11)14-3)16-6-2(13-1)4(10)15-8(12)18-6/h(H8,9,10,11,12,14,15,16,17,18). The van der Waals surface area contributed by atoms with Crippen LogP contribution in [0.3, 0.4) is 0 Å². The van der Waals surface area contributed by atoms with Gasteiger partial charge >= 0.3 is 0 Å². The van der Waals surface area contributed by atoms with Gasteiger partial charge in [-0.05, 0) is 0 Å². The monoisotopic (exact) mass is 244 g/mol. The van der Waals surface area contributed by atoms with E-state index in [1.807, 2.05) is 0 Å². The number of rotatable bonds is 0. The van der Waals surface area contributed by atoms with Gasteiger partial charge in [-0.15, -0.1) is 0 Å². The fourth-order valence-electron chi connectivity index (χ4n) is 1.54. The Morgan fingerprint density at radius 1 is 0.500 bits per heavy atom. The van der Waals surface area contributed by atoms with Crippen LogP contribution in [-0.2, 0) is 0 Å². The van der Waals surface area contributed by atoms with E-state index < -0.39 is 0 Å². The summed E-state index contributed by atoms with van der Waals surface area (Å²) in [7, 11) is 0. The molecule has 0 spiro atoms. The number of nitrogens with zero attached hydrogens (tertiary/aromatic N) is 6. The van der Waals surface area contributed by atoms with Crippen LogP contribution >= 0.6 is 0 Å². The molecule has 3 heterocycles. The summed E-state index contributed by atoms with van der Waals surface area (Å²) in [6.45, 7) is 0. The van der Waals surface area contributed by atoms with E-state index in [4.69, 9.17) is 22.9 Å². The molecule has 18 heavy (non-hydrogen) atoms. The second-order valence-corrected chi connectivity index (χ2v) is 3.50. The van der Waals surface area contributed by atoms with Crippen molar-refractivity contribution in [2.24, 2.45) is 0 Å². The summed E-state index contributed by atoms with van der Waals surface area (Å²) in [5.74, 6) is 0.235. The second-order valence-electron chi connectivity index (χ2n) is 3.50. The number of fused-ring (bicyclic) bond motifs is 2. The van der Waals surface area contributed by atoms with Gasteiger partial charge in [0.2, 0.25) is 11.9 Å². The third-order valence-electron chi connectivity index (χ3n) is 2.26. The topological polar surface area (TPSA) is 181 Å². The van der Waals surface area contributed by atoms with Crippen molar-refractivity contribution >= 4 is 45.9 Å². The lowest BCUT2D eigenvalue weighted by molar-refractivity contribution is 1.15. The lowest BCUT2D eigenvalue weighted by Gasteiger charge is -2.04. The molecule has 90 valence electrons. The summed E-state index contributed by atoms with van der Waals surface area (Å²) in [6.07, 6.45) is 0. The molecule has 3 rings (SSSR count). The number of hydrogen-bond donors (Lipinski definition) is 4. The third-order valence-corrected chi connectivity index (χ3v) is 2.26. The Labute approximate surface area is 99.5 Å². The van der Waals surface area contributed by atoms with Crippen molar-refractivity contribution in [2.45, 2.75) is 0 Å². The van der Waals surface area contributed by atoms with Gasteiger partial charge in [0, 0.05) is 0 Å². The van der Waals surface area contributed by atoms with Crippen LogP contribution in [0, 0.1) is 0 Å². The van der Waals surface area contributed by atoms with Crippen molar-refractivity contribution in [3.8, 4) is 0 Å². The molecule has 3 aromatic heterocycles. The van der Waals surface area contributed by atoms with Gasteiger partial charge in [-0.3, -0.25) is 0 Å². The van der Waals surface area contributed by atoms with Crippen LogP contribution < -0.4 is 22.9 Å². The minimum absolute atomic E-state index is 0.00338. The molecule has 0 fully saturated rings. The van der Waals surface area contributed by atoms with E-state index in [0.29, 0.717) is 0 Å². The van der Waals surface area contributed by atoms with Gasteiger partial charge in [0.05, 0.1) is 0 Å². The first-order valence-corrected chi connectivity index (χ1v) is 4.84. The minimum atomic E-state index is 0.00338. The number of nitrogens with two attached hydrogens (primary N) is 4. The van der Waals surface area contributed by atoms with Gasteiger partial charge in [-0.2, -0.15) is 19.9 Å². The first-order valence-electron chi connectivity index (χ1n) is 4.84. The molecule has 0 amide bonds. The van der Waals surface area contributed by atoms with E-state index >= 15 is 0 Å². The maximum atomic E-state index is 5.69. The molecule has 0 bridgehead atoms. The average molecular weight is 244 g/mol. The zero-order chi connectivity index (χ0) is 12.9. The van der Waals surface area contributed by atoms with E-state index in [2.05, 4.69) is 29.9 Å². The van der Waals surface area contributed by atoms with Gasteiger partial charge in [0.1, 0.15) is 0 Å². The Morgan fingerprint density at radius 3 is 1.39 bits per heavy atom. The van der Waals surface area contributed by atoms with E-state index in [0.717, 1.165) is 0 Å². The molecule has 0 saturated heterocycles. The first-order chi connectivity index (χ1) is 8.54. The molecular formula is C8H8N10. The van der Waals surface area contributed by atoms with Gasteiger partial charge in [0.25, 0.3) is 0 Å². The Kier molecular flexibility index (Phi) is 1.82. The lowest BCUT2D eigenvalue weighted by atomic mass is 10.4. The molecule has 10 heteroatoms. The van der Waals surface area contributed by atoms with E-state index in [1.165, 1.54) is 0 Å². The summed E-state index contributed by atoms with van der Waals surface area (Å²) >= 11 is 0. The molecule has 0 unspecified atom stereocenters. The van der Waals surface area contributed by atoms with E-state index in [-0.39, 0.29) is 45.9 Å². The van der Waals surface area contributed by atoms with E-state index in [9.17, 15) is 0 Å². The number of anilines is 4. The summed E-state index contributed by atoms with van der Waals surface area (Å²) in [5, 5.41) is 0. The molecule has 0 aliphatic carbocycles. The highest BCUT2D eigenvalue weighted by Gasteiger charge is 2.12. The van der Waals surface area contributed by atoms with Crippen LogP contribution in [0.4, 0.5) is 23.5 Å². The molecule has 0 radical (unpaired) electrons. The van der Waals surface area contributed by atoms with Gasteiger partial charge in [-0.25, -0.2) is 9.97 Å². The second kappa shape index (κ2) is 3.23. The zero-order valence-corrected chi connectivity index (χ0v) is 8.99. The molecule has 0 atom stereocenters. The Hall–Kier alpha value is -3.04. The average Bonchev–Trinajstić information content (AvgIpc) is 2.26. The highest BCUT2D eigenvalue weighted by atomic mass is 15.1. The zero-order valence-electron chi connectivity index (χ0n) is 8.99. The third kappa shape index (κ3) is 1.36. The predicted molar refractivity (Wildman–Crippen MR) is 65.9 cm³/mol. The smallest absolute Gasteiger partial charge is 0.224 e. The van der Waals surface area contributed by atoms with Gasteiger partial charge in [0.15, 0.2) is 34.0 Å². The largest absolute Gasteiger partial charge is 0.382 e. The molecule has 0 aromatic carbocycles. The first kappa shape index (κ1) is 10.1. The fraction of sp³-hybridized carbons (Fsp3) is 0. The van der Waals surface area contributed by atoms with Crippen molar-refractivity contribution in [2.75, 3.05) is 22.9 Å². The molecule has 8 N–H and O–H groups in total. The quantitative estimate of drug-likeness (QED) is 0.346. The van der Waals surface area contributed by atoms with Crippen molar-refractivity contribution in [3.63, 3.8) is 0 Å². The highest BCUT2D eigenvalue weighted by molar-refractivity contribution is 5.92. The Balaban J connectivity index is 2.51. The van der Waals surface area contributed by atoms with Crippen LogP contribution in [0.1, 0.15) is 0 Å².